The van der Waals surface area contributed by atoms with E-state index < -0.39 is 7.25 Å². The maximum Gasteiger partial charge on any atom is 0.673 e. The number of rotatable bonds is 0. The third kappa shape index (κ3) is 189. The first-order valence-electron chi connectivity index (χ1n) is 0.873. The summed E-state index contributed by atoms with van der Waals surface area (Å²) in [6.45, 7) is 0. The van der Waals surface area contributed by atoms with Crippen LogP contribution >= 0.6 is 0 Å². The molecule has 0 saturated carbocycles. The molecule has 0 aliphatic rings. The van der Waals surface area contributed by atoms with E-state index in [4.69, 9.17) is 0 Å². The van der Waals surface area contributed by atoms with Crippen molar-refractivity contribution in [3.63, 3.8) is 0 Å². The van der Waals surface area contributed by atoms with Crippen molar-refractivity contribution in [3.05, 3.63) is 0 Å². The Kier molecular flexibility index (Phi) is 4.35. The van der Waals surface area contributed by atoms with Gasteiger partial charge in [0.15, 0.2) is 0 Å². The van der Waals surface area contributed by atoms with Crippen molar-refractivity contribution in [2.75, 3.05) is 0 Å². The fraction of sp³-hybridized carbons (Fsp3) is 0. The Morgan fingerprint density at radius 3 is 0.833 bits per heavy atom. The molecule has 6 heteroatoms. The molecule has 36 valence electrons. The summed E-state index contributed by atoms with van der Waals surface area (Å²) in [5.41, 5.74) is 0. The molecule has 0 aliphatic heterocycles. The van der Waals surface area contributed by atoms with Crippen LogP contribution in [-0.2, 0) is 0 Å². The summed E-state index contributed by atoms with van der Waals surface area (Å²) in [6, 6.07) is 0. The van der Waals surface area contributed by atoms with Crippen LogP contribution in [0, 0.1) is 0 Å². The largest absolute Gasteiger partial charge is 0.673 e. The van der Waals surface area contributed by atoms with Gasteiger partial charge in [0.05, 0.1) is 0 Å². The van der Waals surface area contributed by atoms with Gasteiger partial charge < -0.3 is 17.3 Å². The Labute approximate surface area is 48.2 Å². The normalized spacial score (nSPS) is 10.0. The van der Waals surface area contributed by atoms with Crippen molar-refractivity contribution >= 4 is 30.3 Å². The number of hydrogen-bond acceptors (Lipinski definition) is 0. The first-order valence-corrected chi connectivity index (χ1v) is 0.873. The Bertz CT molecular complexity index is 23.0. The molecule has 0 rings (SSSR count). The Morgan fingerprint density at radius 2 is 0.833 bits per heavy atom. The van der Waals surface area contributed by atoms with Crippen molar-refractivity contribution in [2.45, 2.75) is 0 Å². The molecule has 0 aromatic carbocycles. The summed E-state index contributed by atoms with van der Waals surface area (Å²) < 4.78 is 39.0. The highest BCUT2D eigenvalue weighted by Gasteiger charge is 2.20. The van der Waals surface area contributed by atoms with Crippen LogP contribution in [0.15, 0.2) is 0 Å². The summed E-state index contributed by atoms with van der Waals surface area (Å²) in [7, 11) is -6.00. The molecule has 0 bridgehead atoms. The second-order valence-corrected chi connectivity index (χ2v) is 0.495. The molecule has 0 atom stereocenters. The van der Waals surface area contributed by atoms with E-state index in [2.05, 4.69) is 0 Å². The lowest BCUT2D eigenvalue weighted by Crippen LogP contribution is -2.02. The van der Waals surface area contributed by atoms with Gasteiger partial charge in [-0.15, -0.1) is 0 Å². The number of hydrogen-bond donors (Lipinski definition) is 0. The third-order valence-electron chi connectivity index (χ3n) is 0. The van der Waals surface area contributed by atoms with Gasteiger partial charge in [0.25, 0.3) is 0 Å². The van der Waals surface area contributed by atoms with Crippen LogP contribution in [0.5, 0.6) is 0 Å². The summed E-state index contributed by atoms with van der Waals surface area (Å²) in [5.74, 6) is 0. The van der Waals surface area contributed by atoms with Gasteiger partial charge in [0.1, 0.15) is 0 Å². The van der Waals surface area contributed by atoms with Crippen LogP contribution in [0.1, 0.15) is 0 Å². The average molecular weight is 113 g/mol. The molecule has 0 spiro atoms. The fourth-order valence-electron chi connectivity index (χ4n) is 0. The van der Waals surface area contributed by atoms with Crippen molar-refractivity contribution in [2.24, 2.45) is 0 Å². The minimum absolute atomic E-state index is 0. The van der Waals surface area contributed by atoms with Crippen LogP contribution < -0.4 is 0 Å². The molecule has 0 saturated heterocycles. The zero-order chi connectivity index (χ0) is 4.50. The highest BCUT2D eigenvalue weighted by molar-refractivity contribution is 6.50. The minimum atomic E-state index is -6.00. The SMILES string of the molecule is F[B-](F)(F)F.[MgH2]. The van der Waals surface area contributed by atoms with Crippen molar-refractivity contribution in [1.82, 2.24) is 0 Å². The highest BCUT2D eigenvalue weighted by atomic mass is 24.3. The lowest BCUT2D eigenvalue weighted by molar-refractivity contribution is 0.368. The molecular weight excluding hydrogens is 111 g/mol. The molecule has 0 aromatic heterocycles. The van der Waals surface area contributed by atoms with E-state index in [1.165, 1.54) is 0 Å². The summed E-state index contributed by atoms with van der Waals surface area (Å²) in [4.78, 5) is 0. The van der Waals surface area contributed by atoms with Gasteiger partial charge in [-0.1, -0.05) is 0 Å². The molecule has 0 aliphatic carbocycles. The maximum absolute atomic E-state index is 9.75. The van der Waals surface area contributed by atoms with Gasteiger partial charge in [0.2, 0.25) is 0 Å². The van der Waals surface area contributed by atoms with Gasteiger partial charge in [-0.3, -0.25) is 0 Å². The van der Waals surface area contributed by atoms with E-state index >= 15 is 0 Å². The molecule has 0 fully saturated rings. The molecule has 0 aromatic rings. The Morgan fingerprint density at radius 1 is 0.833 bits per heavy atom. The zero-order valence-electron chi connectivity index (χ0n) is 2.09. The average Bonchev–Trinajstić information content (AvgIpc) is 0.722. The van der Waals surface area contributed by atoms with Crippen LogP contribution in [0.3, 0.4) is 0 Å². The van der Waals surface area contributed by atoms with Crippen molar-refractivity contribution in [3.8, 4) is 0 Å². The smallest absolute Gasteiger partial charge is 0.418 e. The van der Waals surface area contributed by atoms with Crippen LogP contribution in [0.4, 0.5) is 17.3 Å². The summed E-state index contributed by atoms with van der Waals surface area (Å²) >= 11 is 0. The van der Waals surface area contributed by atoms with E-state index in [1.54, 1.807) is 0 Å². The van der Waals surface area contributed by atoms with Gasteiger partial charge in [-0.05, 0) is 0 Å². The fourth-order valence-corrected chi connectivity index (χ4v) is 0. The molecule has 0 N–H and O–H groups in total. The predicted octanol–water partition coefficient (Wildman–Crippen LogP) is 0.384. The standard InChI is InChI=1S/BF4.Mg.2H/c2-1(3,4)5;;;/q-1;;;. The van der Waals surface area contributed by atoms with E-state index in [1.807, 2.05) is 0 Å². The summed E-state index contributed by atoms with van der Waals surface area (Å²) in [5, 5.41) is 0. The van der Waals surface area contributed by atoms with E-state index in [-0.39, 0.29) is 23.1 Å². The summed E-state index contributed by atoms with van der Waals surface area (Å²) in [6.07, 6.45) is 0. The monoisotopic (exact) mass is 113 g/mol. The quantitative estimate of drug-likeness (QED) is 0.315. The van der Waals surface area contributed by atoms with E-state index in [0.717, 1.165) is 0 Å². The van der Waals surface area contributed by atoms with E-state index in [0.29, 0.717) is 0 Å². The van der Waals surface area contributed by atoms with Crippen molar-refractivity contribution in [1.29, 1.82) is 0 Å². The lowest BCUT2D eigenvalue weighted by Gasteiger charge is -1.94. The lowest BCUT2D eigenvalue weighted by atomic mass is 10.3. The van der Waals surface area contributed by atoms with Crippen LogP contribution in [0.25, 0.3) is 0 Å². The van der Waals surface area contributed by atoms with Crippen molar-refractivity contribution < 1.29 is 17.3 Å². The minimum Gasteiger partial charge on any atom is -0.418 e. The van der Waals surface area contributed by atoms with Gasteiger partial charge in [0, 0.05) is 0 Å². The number of halogens is 4. The maximum atomic E-state index is 9.75. The van der Waals surface area contributed by atoms with Crippen LogP contribution in [-0.4, -0.2) is 30.3 Å². The molecule has 0 nitrogen and oxygen atoms in total. The molecular formula is H2BF4Mg-. The Hall–Kier alpha value is 0.551. The first-order chi connectivity index (χ1) is 2.00. The second kappa shape index (κ2) is 2.68. The van der Waals surface area contributed by atoms with Gasteiger partial charge in [-0.2, -0.15) is 0 Å². The predicted molar refractivity (Wildman–Crippen MR) is 18.7 cm³/mol. The Balaban J connectivity index is 0. The molecule has 0 unspecified atom stereocenters. The highest BCUT2D eigenvalue weighted by Crippen LogP contribution is 2.06. The topological polar surface area (TPSA) is 0 Å². The van der Waals surface area contributed by atoms with Gasteiger partial charge in [-0.25, -0.2) is 0 Å². The molecule has 0 radical (unpaired) electrons. The molecule has 0 heterocycles. The molecule has 0 amide bonds. The zero-order valence-corrected chi connectivity index (χ0v) is 2.09. The first kappa shape index (κ1) is 9.75. The van der Waals surface area contributed by atoms with Gasteiger partial charge >= 0.3 is 30.3 Å². The third-order valence-corrected chi connectivity index (χ3v) is 0. The van der Waals surface area contributed by atoms with E-state index in [9.17, 15) is 17.3 Å². The van der Waals surface area contributed by atoms with Crippen LogP contribution in [0.2, 0.25) is 0 Å². The second-order valence-electron chi connectivity index (χ2n) is 0.495. The molecule has 6 heavy (non-hydrogen) atoms.